The second-order valence-corrected chi connectivity index (χ2v) is 5.67. The first-order valence-electron chi connectivity index (χ1n) is 6.90. The summed E-state index contributed by atoms with van der Waals surface area (Å²) in [5, 5.41) is 11.9. The maximum absolute atomic E-state index is 12.4. The monoisotopic (exact) mass is 277 g/mol. The van der Waals surface area contributed by atoms with Gasteiger partial charge in [-0.2, -0.15) is 0 Å². The molecule has 0 unspecified atom stereocenters. The van der Waals surface area contributed by atoms with Gasteiger partial charge >= 0.3 is 5.97 Å². The molecule has 0 spiro atoms. The molecule has 0 heterocycles. The molecule has 0 saturated carbocycles. The van der Waals surface area contributed by atoms with E-state index in [2.05, 4.69) is 5.32 Å². The quantitative estimate of drug-likeness (QED) is 0.840. The number of hydrogen-bond donors (Lipinski definition) is 2. The lowest BCUT2D eigenvalue weighted by Crippen LogP contribution is -2.50. The van der Waals surface area contributed by atoms with Crippen LogP contribution in [0.5, 0.6) is 0 Å². The van der Waals surface area contributed by atoms with Gasteiger partial charge in [-0.3, -0.25) is 4.79 Å². The van der Waals surface area contributed by atoms with Crippen molar-refractivity contribution in [2.45, 2.75) is 45.6 Å². The molecule has 4 nitrogen and oxygen atoms in total. The third-order valence-electron chi connectivity index (χ3n) is 3.83. The lowest BCUT2D eigenvalue weighted by molar-refractivity contribution is -0.144. The van der Waals surface area contributed by atoms with Gasteiger partial charge in [0.15, 0.2) is 0 Å². The third-order valence-corrected chi connectivity index (χ3v) is 3.83. The molecule has 0 saturated heterocycles. The molecule has 0 bridgehead atoms. The normalized spacial score (nSPS) is 14.4. The molecule has 1 rings (SSSR count). The van der Waals surface area contributed by atoms with Gasteiger partial charge < -0.3 is 10.4 Å². The van der Waals surface area contributed by atoms with Crippen LogP contribution in [0.4, 0.5) is 0 Å². The first kappa shape index (κ1) is 16.2. The summed E-state index contributed by atoms with van der Waals surface area (Å²) in [5.41, 5.74) is 0.105. The van der Waals surface area contributed by atoms with Gasteiger partial charge in [-0.05, 0) is 25.3 Å². The van der Waals surface area contributed by atoms with Gasteiger partial charge in [0.2, 0.25) is 5.91 Å². The highest BCUT2D eigenvalue weighted by Gasteiger charge is 2.34. The highest BCUT2D eigenvalue weighted by molar-refractivity contribution is 5.90. The van der Waals surface area contributed by atoms with Crippen LogP contribution < -0.4 is 5.32 Å². The standard InChI is InChI=1S/C16H23NO3/c1-5-11(2)13(14(18)19)17-15(20)16(3,4)12-9-7-6-8-10-12/h6-11,13H,5H2,1-4H3,(H,17,20)(H,18,19)/t11-,13-/m0/s1. The topological polar surface area (TPSA) is 66.4 Å². The Morgan fingerprint density at radius 3 is 2.25 bits per heavy atom. The fraction of sp³-hybridized carbons (Fsp3) is 0.500. The van der Waals surface area contributed by atoms with Gasteiger partial charge in [0.25, 0.3) is 0 Å². The predicted molar refractivity (Wildman–Crippen MR) is 78.5 cm³/mol. The van der Waals surface area contributed by atoms with Crippen LogP contribution in [0.15, 0.2) is 30.3 Å². The van der Waals surface area contributed by atoms with Gasteiger partial charge in [-0.25, -0.2) is 4.79 Å². The summed E-state index contributed by atoms with van der Waals surface area (Å²) in [7, 11) is 0. The van der Waals surface area contributed by atoms with Crippen molar-refractivity contribution in [3.63, 3.8) is 0 Å². The molecule has 20 heavy (non-hydrogen) atoms. The van der Waals surface area contributed by atoms with Gasteiger partial charge in [-0.1, -0.05) is 50.6 Å². The van der Waals surface area contributed by atoms with E-state index in [9.17, 15) is 14.7 Å². The summed E-state index contributed by atoms with van der Waals surface area (Å²) >= 11 is 0. The average molecular weight is 277 g/mol. The smallest absolute Gasteiger partial charge is 0.326 e. The van der Waals surface area contributed by atoms with Crippen molar-refractivity contribution in [3.05, 3.63) is 35.9 Å². The first-order chi connectivity index (χ1) is 9.30. The summed E-state index contributed by atoms with van der Waals surface area (Å²) in [6, 6.07) is 8.52. The second-order valence-electron chi connectivity index (χ2n) is 5.67. The summed E-state index contributed by atoms with van der Waals surface area (Å²) in [6.45, 7) is 7.34. The van der Waals surface area contributed by atoms with Crippen LogP contribution >= 0.6 is 0 Å². The van der Waals surface area contributed by atoms with Crippen LogP contribution in [0.2, 0.25) is 0 Å². The minimum Gasteiger partial charge on any atom is -0.480 e. The Hall–Kier alpha value is -1.84. The fourth-order valence-corrected chi connectivity index (χ4v) is 1.99. The molecule has 1 aromatic carbocycles. The highest BCUT2D eigenvalue weighted by Crippen LogP contribution is 2.23. The zero-order chi connectivity index (χ0) is 15.3. The van der Waals surface area contributed by atoms with Crippen LogP contribution in [0.3, 0.4) is 0 Å². The Kier molecular flexibility index (Phi) is 5.31. The van der Waals surface area contributed by atoms with E-state index in [1.54, 1.807) is 13.8 Å². The summed E-state index contributed by atoms with van der Waals surface area (Å²) in [5.74, 6) is -1.36. The Morgan fingerprint density at radius 1 is 1.25 bits per heavy atom. The van der Waals surface area contributed by atoms with E-state index in [4.69, 9.17) is 0 Å². The maximum Gasteiger partial charge on any atom is 0.326 e. The fourth-order valence-electron chi connectivity index (χ4n) is 1.99. The number of rotatable bonds is 6. The van der Waals surface area contributed by atoms with Crippen molar-refractivity contribution in [2.75, 3.05) is 0 Å². The number of benzene rings is 1. The van der Waals surface area contributed by atoms with Gasteiger partial charge in [0.05, 0.1) is 5.41 Å². The van der Waals surface area contributed by atoms with E-state index in [1.807, 2.05) is 44.2 Å². The predicted octanol–water partition coefficient (Wildman–Crippen LogP) is 2.58. The van der Waals surface area contributed by atoms with E-state index >= 15 is 0 Å². The van der Waals surface area contributed by atoms with Gasteiger partial charge in [0, 0.05) is 0 Å². The molecule has 2 atom stereocenters. The van der Waals surface area contributed by atoms with Crippen LogP contribution in [-0.2, 0) is 15.0 Å². The number of nitrogens with one attached hydrogen (secondary N) is 1. The van der Waals surface area contributed by atoms with Crippen molar-refractivity contribution in [1.82, 2.24) is 5.32 Å². The molecular weight excluding hydrogens is 254 g/mol. The average Bonchev–Trinajstić information content (AvgIpc) is 2.44. The van der Waals surface area contributed by atoms with E-state index in [-0.39, 0.29) is 11.8 Å². The number of hydrogen-bond acceptors (Lipinski definition) is 2. The lowest BCUT2D eigenvalue weighted by Gasteiger charge is -2.28. The summed E-state index contributed by atoms with van der Waals surface area (Å²) in [6.07, 6.45) is 0.697. The molecule has 2 N–H and O–H groups in total. The number of aliphatic carboxylic acids is 1. The molecule has 1 aromatic rings. The number of carbonyl (C=O) groups excluding carboxylic acids is 1. The van der Waals surface area contributed by atoms with Crippen LogP contribution in [-0.4, -0.2) is 23.0 Å². The van der Waals surface area contributed by atoms with Gasteiger partial charge in [-0.15, -0.1) is 0 Å². The molecule has 0 aromatic heterocycles. The largest absolute Gasteiger partial charge is 0.480 e. The highest BCUT2D eigenvalue weighted by atomic mass is 16.4. The number of carboxylic acid groups (broad SMARTS) is 1. The lowest BCUT2D eigenvalue weighted by atomic mass is 9.83. The third kappa shape index (κ3) is 3.59. The number of carbonyl (C=O) groups is 2. The molecular formula is C16H23NO3. The van der Waals surface area contributed by atoms with Crippen LogP contribution in [0, 0.1) is 5.92 Å². The van der Waals surface area contributed by atoms with E-state index in [0.29, 0.717) is 6.42 Å². The van der Waals surface area contributed by atoms with E-state index in [0.717, 1.165) is 5.56 Å². The zero-order valence-corrected chi connectivity index (χ0v) is 12.5. The molecule has 0 fully saturated rings. The van der Waals surface area contributed by atoms with Crippen LogP contribution in [0.25, 0.3) is 0 Å². The summed E-state index contributed by atoms with van der Waals surface area (Å²) < 4.78 is 0. The van der Waals surface area contributed by atoms with Crippen molar-refractivity contribution < 1.29 is 14.7 Å². The van der Waals surface area contributed by atoms with E-state index < -0.39 is 17.4 Å². The second kappa shape index (κ2) is 6.55. The van der Waals surface area contributed by atoms with Crippen LogP contribution in [0.1, 0.15) is 39.7 Å². The van der Waals surface area contributed by atoms with Crippen molar-refractivity contribution >= 4 is 11.9 Å². The maximum atomic E-state index is 12.4. The van der Waals surface area contributed by atoms with Crippen molar-refractivity contribution in [1.29, 1.82) is 0 Å². The molecule has 4 heteroatoms. The van der Waals surface area contributed by atoms with Crippen molar-refractivity contribution in [3.8, 4) is 0 Å². The summed E-state index contributed by atoms with van der Waals surface area (Å²) in [4.78, 5) is 23.7. The van der Waals surface area contributed by atoms with E-state index in [1.165, 1.54) is 0 Å². The molecule has 110 valence electrons. The minimum absolute atomic E-state index is 0.108. The first-order valence-corrected chi connectivity index (χ1v) is 6.90. The Balaban J connectivity index is 2.91. The molecule has 1 amide bonds. The Bertz CT molecular complexity index is 468. The zero-order valence-electron chi connectivity index (χ0n) is 12.5. The minimum atomic E-state index is -0.989. The molecule has 0 aliphatic carbocycles. The van der Waals surface area contributed by atoms with Gasteiger partial charge in [0.1, 0.15) is 6.04 Å². The molecule has 0 aliphatic heterocycles. The molecule has 0 aliphatic rings. The Labute approximate surface area is 120 Å². The van der Waals surface area contributed by atoms with Crippen molar-refractivity contribution in [2.24, 2.45) is 5.92 Å². The molecule has 0 radical (unpaired) electrons. The number of carboxylic acids is 1. The number of amides is 1. The SMILES string of the molecule is CC[C@H](C)[C@H](NC(=O)C(C)(C)c1ccccc1)C(=O)O. The Morgan fingerprint density at radius 2 is 1.80 bits per heavy atom.